The van der Waals surface area contributed by atoms with E-state index in [4.69, 9.17) is 14.0 Å². The summed E-state index contributed by atoms with van der Waals surface area (Å²) in [6.07, 6.45) is 0.657. The largest absolute Gasteiger partial charge is 0.490 e. The minimum atomic E-state index is -0.312. The smallest absolute Gasteiger partial charge is 0.232 e. The maximum absolute atomic E-state index is 12.8. The topological polar surface area (TPSA) is 73.6 Å². The molecule has 1 N–H and O–H groups in total. The summed E-state index contributed by atoms with van der Waals surface area (Å²) in [5.74, 6) is 1.56. The molecule has 2 aromatic rings. The molecule has 0 spiro atoms. The molecule has 0 unspecified atom stereocenters. The Labute approximate surface area is 148 Å². The van der Waals surface area contributed by atoms with Gasteiger partial charge in [0.15, 0.2) is 11.5 Å². The Morgan fingerprint density at radius 2 is 1.84 bits per heavy atom. The SMILES string of the molecule is CCOc1ccc(NC(=O)[C@@H](CC)c2c(C)noc2C)cc1OCC. The minimum absolute atomic E-state index is 0.0940. The third kappa shape index (κ3) is 4.32. The van der Waals surface area contributed by atoms with Crippen LogP contribution in [0.25, 0.3) is 0 Å². The van der Waals surface area contributed by atoms with E-state index in [1.165, 1.54) is 0 Å². The van der Waals surface area contributed by atoms with Crippen LogP contribution in [0.5, 0.6) is 11.5 Å². The Balaban J connectivity index is 2.22. The highest BCUT2D eigenvalue weighted by atomic mass is 16.5. The van der Waals surface area contributed by atoms with Crippen LogP contribution < -0.4 is 14.8 Å². The Hall–Kier alpha value is -2.50. The number of hydrogen-bond donors (Lipinski definition) is 1. The van der Waals surface area contributed by atoms with E-state index in [1.54, 1.807) is 12.1 Å². The number of nitrogens with zero attached hydrogens (tertiary/aromatic N) is 1. The van der Waals surface area contributed by atoms with Crippen molar-refractivity contribution in [2.75, 3.05) is 18.5 Å². The van der Waals surface area contributed by atoms with Crippen molar-refractivity contribution in [3.63, 3.8) is 0 Å². The van der Waals surface area contributed by atoms with Crippen LogP contribution in [0.2, 0.25) is 0 Å². The lowest BCUT2D eigenvalue weighted by atomic mass is 9.94. The normalized spacial score (nSPS) is 11.9. The summed E-state index contributed by atoms with van der Waals surface area (Å²) in [6.45, 7) is 10.6. The van der Waals surface area contributed by atoms with Gasteiger partial charge in [-0.25, -0.2) is 0 Å². The van der Waals surface area contributed by atoms with Crippen molar-refractivity contribution in [3.8, 4) is 11.5 Å². The van der Waals surface area contributed by atoms with Crippen LogP contribution in [0.15, 0.2) is 22.7 Å². The van der Waals surface area contributed by atoms with Crippen LogP contribution in [-0.4, -0.2) is 24.3 Å². The molecule has 0 aliphatic carbocycles. The zero-order valence-corrected chi connectivity index (χ0v) is 15.5. The predicted molar refractivity (Wildman–Crippen MR) is 96.4 cm³/mol. The summed E-state index contributed by atoms with van der Waals surface area (Å²) < 4.78 is 16.4. The minimum Gasteiger partial charge on any atom is -0.490 e. The van der Waals surface area contributed by atoms with E-state index in [-0.39, 0.29) is 11.8 Å². The lowest BCUT2D eigenvalue weighted by Crippen LogP contribution is -2.21. The predicted octanol–water partition coefficient (Wildman–Crippen LogP) is 4.22. The molecule has 25 heavy (non-hydrogen) atoms. The lowest BCUT2D eigenvalue weighted by Gasteiger charge is -2.17. The highest BCUT2D eigenvalue weighted by Gasteiger charge is 2.26. The van der Waals surface area contributed by atoms with Crippen LogP contribution in [0.1, 0.15) is 50.1 Å². The number of hydrogen-bond acceptors (Lipinski definition) is 5. The zero-order valence-electron chi connectivity index (χ0n) is 15.5. The number of aryl methyl sites for hydroxylation is 2. The average molecular weight is 346 g/mol. The van der Waals surface area contributed by atoms with Crippen molar-refractivity contribution in [3.05, 3.63) is 35.2 Å². The molecule has 1 aromatic heterocycles. The Kier molecular flexibility index (Phi) is 6.44. The molecule has 1 amide bonds. The van der Waals surface area contributed by atoms with Gasteiger partial charge in [0.1, 0.15) is 5.76 Å². The quantitative estimate of drug-likeness (QED) is 0.774. The van der Waals surface area contributed by atoms with E-state index in [0.29, 0.717) is 42.6 Å². The molecule has 2 rings (SSSR count). The summed E-state index contributed by atoms with van der Waals surface area (Å²) in [5.41, 5.74) is 2.28. The second-order valence-corrected chi connectivity index (χ2v) is 5.72. The molecule has 6 heteroatoms. The first-order valence-electron chi connectivity index (χ1n) is 8.64. The van der Waals surface area contributed by atoms with Gasteiger partial charge in [0.2, 0.25) is 5.91 Å². The number of nitrogens with one attached hydrogen (secondary N) is 1. The molecular weight excluding hydrogens is 320 g/mol. The van der Waals surface area contributed by atoms with Gasteiger partial charge in [0, 0.05) is 17.3 Å². The number of carbonyl (C=O) groups is 1. The van der Waals surface area contributed by atoms with Crippen LogP contribution in [0.3, 0.4) is 0 Å². The number of carbonyl (C=O) groups excluding carboxylic acids is 1. The first kappa shape index (κ1) is 18.8. The molecule has 1 atom stereocenters. The highest BCUT2D eigenvalue weighted by Crippen LogP contribution is 2.32. The standard InChI is InChI=1S/C19H26N2O4/c1-6-15(18-12(4)21-25-13(18)5)19(22)20-14-9-10-16(23-7-2)17(11-14)24-8-3/h9-11,15H,6-8H2,1-5H3,(H,20,22)/t15-/m0/s1. The van der Waals surface area contributed by atoms with Crippen LogP contribution >= 0.6 is 0 Å². The summed E-state index contributed by atoms with van der Waals surface area (Å²) >= 11 is 0. The van der Waals surface area contributed by atoms with Crippen molar-refractivity contribution in [1.82, 2.24) is 5.16 Å². The van der Waals surface area contributed by atoms with Crippen LogP contribution in [0.4, 0.5) is 5.69 Å². The van der Waals surface area contributed by atoms with Crippen LogP contribution in [-0.2, 0) is 4.79 Å². The lowest BCUT2D eigenvalue weighted by molar-refractivity contribution is -0.117. The molecule has 136 valence electrons. The second kappa shape index (κ2) is 8.55. The Morgan fingerprint density at radius 3 is 2.40 bits per heavy atom. The molecule has 0 saturated heterocycles. The fourth-order valence-corrected chi connectivity index (χ4v) is 2.87. The number of ether oxygens (including phenoxy) is 2. The highest BCUT2D eigenvalue weighted by molar-refractivity contribution is 5.96. The van der Waals surface area contributed by atoms with E-state index in [1.807, 2.05) is 40.7 Å². The van der Waals surface area contributed by atoms with Crippen molar-refractivity contribution in [1.29, 1.82) is 0 Å². The molecule has 6 nitrogen and oxygen atoms in total. The van der Waals surface area contributed by atoms with Crippen molar-refractivity contribution in [2.24, 2.45) is 0 Å². The molecule has 0 aliphatic heterocycles. The Bertz CT molecular complexity index is 705. The molecule has 0 fully saturated rings. The zero-order chi connectivity index (χ0) is 18.4. The van der Waals surface area contributed by atoms with Crippen molar-refractivity contribution in [2.45, 2.75) is 47.0 Å². The number of anilines is 1. The van der Waals surface area contributed by atoms with Gasteiger partial charge >= 0.3 is 0 Å². The van der Waals surface area contributed by atoms with Gasteiger partial charge in [-0.2, -0.15) is 0 Å². The van der Waals surface area contributed by atoms with E-state index < -0.39 is 0 Å². The maximum atomic E-state index is 12.8. The molecule has 0 aliphatic rings. The van der Waals surface area contributed by atoms with E-state index in [0.717, 1.165) is 11.3 Å². The molecule has 1 aromatic carbocycles. The summed E-state index contributed by atoms with van der Waals surface area (Å²) in [4.78, 5) is 12.8. The Morgan fingerprint density at radius 1 is 1.16 bits per heavy atom. The first-order chi connectivity index (χ1) is 12.0. The fourth-order valence-electron chi connectivity index (χ4n) is 2.87. The van der Waals surface area contributed by atoms with E-state index >= 15 is 0 Å². The molecule has 0 saturated carbocycles. The van der Waals surface area contributed by atoms with E-state index in [2.05, 4.69) is 10.5 Å². The van der Waals surface area contributed by atoms with Crippen molar-refractivity contribution >= 4 is 11.6 Å². The van der Waals surface area contributed by atoms with Gasteiger partial charge in [-0.05, 0) is 46.2 Å². The number of amides is 1. The third-order valence-electron chi connectivity index (χ3n) is 3.97. The number of rotatable bonds is 8. The van der Waals surface area contributed by atoms with Gasteiger partial charge in [0.05, 0.1) is 24.8 Å². The summed E-state index contributed by atoms with van der Waals surface area (Å²) in [5, 5.41) is 6.91. The van der Waals surface area contributed by atoms with Crippen LogP contribution in [0, 0.1) is 13.8 Å². The van der Waals surface area contributed by atoms with E-state index in [9.17, 15) is 4.79 Å². The molecular formula is C19H26N2O4. The maximum Gasteiger partial charge on any atom is 0.232 e. The first-order valence-corrected chi connectivity index (χ1v) is 8.64. The third-order valence-corrected chi connectivity index (χ3v) is 3.97. The summed E-state index contributed by atoms with van der Waals surface area (Å²) in [7, 11) is 0. The molecule has 0 bridgehead atoms. The van der Waals surface area contributed by atoms with Gasteiger partial charge in [-0.1, -0.05) is 12.1 Å². The molecule has 1 heterocycles. The number of benzene rings is 1. The fraction of sp³-hybridized carbons (Fsp3) is 0.474. The second-order valence-electron chi connectivity index (χ2n) is 5.72. The monoisotopic (exact) mass is 346 g/mol. The van der Waals surface area contributed by atoms with Gasteiger partial charge < -0.3 is 19.3 Å². The van der Waals surface area contributed by atoms with Gasteiger partial charge in [0.25, 0.3) is 0 Å². The molecule has 0 radical (unpaired) electrons. The van der Waals surface area contributed by atoms with Crippen molar-refractivity contribution < 1.29 is 18.8 Å². The van der Waals surface area contributed by atoms with Gasteiger partial charge in [-0.15, -0.1) is 0 Å². The number of aromatic nitrogens is 1. The van der Waals surface area contributed by atoms with Gasteiger partial charge in [-0.3, -0.25) is 4.79 Å². The summed E-state index contributed by atoms with van der Waals surface area (Å²) in [6, 6.07) is 5.40. The average Bonchev–Trinajstić information content (AvgIpc) is 2.91.